The van der Waals surface area contributed by atoms with Gasteiger partial charge in [-0.25, -0.2) is 0 Å². The lowest BCUT2D eigenvalue weighted by Crippen LogP contribution is -2.31. The van der Waals surface area contributed by atoms with Crippen LogP contribution in [0.15, 0.2) is 18.2 Å². The molecular weight excluding hydrogens is 226 g/mol. The minimum Gasteiger partial charge on any atom is -0.396 e. The Morgan fingerprint density at radius 2 is 2.11 bits per heavy atom. The van der Waals surface area contributed by atoms with Gasteiger partial charge in [0.15, 0.2) is 0 Å². The van der Waals surface area contributed by atoms with Crippen molar-refractivity contribution in [2.24, 2.45) is 5.41 Å². The highest BCUT2D eigenvalue weighted by molar-refractivity contribution is 5.95. The van der Waals surface area contributed by atoms with Crippen molar-refractivity contribution < 1.29 is 9.90 Å². The van der Waals surface area contributed by atoms with E-state index >= 15 is 0 Å². The van der Waals surface area contributed by atoms with Gasteiger partial charge < -0.3 is 10.4 Å². The third-order valence-electron chi connectivity index (χ3n) is 3.85. The molecule has 1 aliphatic carbocycles. The molecule has 98 valence electrons. The van der Waals surface area contributed by atoms with Crippen LogP contribution in [-0.4, -0.2) is 24.2 Å². The van der Waals surface area contributed by atoms with Crippen LogP contribution in [0.2, 0.25) is 0 Å². The molecule has 0 unspecified atom stereocenters. The molecule has 18 heavy (non-hydrogen) atoms. The molecule has 0 spiro atoms. The van der Waals surface area contributed by atoms with Crippen molar-refractivity contribution in [3.05, 3.63) is 34.9 Å². The van der Waals surface area contributed by atoms with Gasteiger partial charge in [-0.05, 0) is 50.2 Å². The van der Waals surface area contributed by atoms with Crippen LogP contribution in [0.25, 0.3) is 0 Å². The van der Waals surface area contributed by atoms with Crippen LogP contribution in [0.4, 0.5) is 0 Å². The summed E-state index contributed by atoms with van der Waals surface area (Å²) in [7, 11) is 0. The van der Waals surface area contributed by atoms with E-state index in [1.54, 1.807) is 0 Å². The Morgan fingerprint density at radius 1 is 1.39 bits per heavy atom. The lowest BCUT2D eigenvalue weighted by atomic mass is 10.0. The highest BCUT2D eigenvalue weighted by atomic mass is 16.3. The minimum atomic E-state index is -0.00304. The van der Waals surface area contributed by atoms with Gasteiger partial charge in [0.25, 0.3) is 5.91 Å². The number of nitrogens with one attached hydrogen (secondary N) is 1. The standard InChI is InChI=1S/C15H21NO2/c1-11-3-4-13(12(2)9-11)14(18)16-10-15(5-6-15)7-8-17/h3-4,9,17H,5-8,10H2,1-2H3,(H,16,18). The van der Waals surface area contributed by atoms with Gasteiger partial charge in [0, 0.05) is 18.7 Å². The van der Waals surface area contributed by atoms with Crippen LogP contribution < -0.4 is 5.32 Å². The molecule has 0 radical (unpaired) electrons. The number of amides is 1. The van der Waals surface area contributed by atoms with Crippen molar-refractivity contribution in [2.45, 2.75) is 33.1 Å². The monoisotopic (exact) mass is 247 g/mol. The predicted octanol–water partition coefficient (Wildman–Crippen LogP) is 2.20. The second kappa shape index (κ2) is 5.11. The number of carbonyl (C=O) groups excluding carboxylic acids is 1. The Bertz CT molecular complexity index is 450. The Hall–Kier alpha value is -1.35. The fourth-order valence-corrected chi connectivity index (χ4v) is 2.36. The number of hydrogen-bond donors (Lipinski definition) is 2. The molecule has 1 aromatic carbocycles. The first-order chi connectivity index (χ1) is 8.56. The maximum absolute atomic E-state index is 12.1. The molecule has 0 atom stereocenters. The van der Waals surface area contributed by atoms with Crippen LogP contribution in [0.1, 0.15) is 40.7 Å². The summed E-state index contributed by atoms with van der Waals surface area (Å²) in [5, 5.41) is 12.0. The molecule has 0 saturated heterocycles. The first-order valence-electron chi connectivity index (χ1n) is 6.53. The molecule has 0 heterocycles. The Labute approximate surface area is 108 Å². The molecule has 0 aliphatic heterocycles. The van der Waals surface area contributed by atoms with Crippen LogP contribution in [0.5, 0.6) is 0 Å². The van der Waals surface area contributed by atoms with Crippen LogP contribution in [0.3, 0.4) is 0 Å². The van der Waals surface area contributed by atoms with Gasteiger partial charge in [0.1, 0.15) is 0 Å². The molecule has 2 rings (SSSR count). The van der Waals surface area contributed by atoms with E-state index in [4.69, 9.17) is 5.11 Å². The third-order valence-corrected chi connectivity index (χ3v) is 3.85. The second-order valence-corrected chi connectivity index (χ2v) is 5.47. The van der Waals surface area contributed by atoms with Gasteiger partial charge in [-0.1, -0.05) is 17.7 Å². The van der Waals surface area contributed by atoms with Crippen molar-refractivity contribution in [1.29, 1.82) is 0 Å². The summed E-state index contributed by atoms with van der Waals surface area (Å²) in [5.41, 5.74) is 3.10. The molecule has 1 aromatic rings. The van der Waals surface area contributed by atoms with Crippen molar-refractivity contribution in [3.63, 3.8) is 0 Å². The number of carbonyl (C=O) groups is 1. The molecule has 1 aliphatic rings. The van der Waals surface area contributed by atoms with Gasteiger partial charge in [0.05, 0.1) is 0 Å². The molecule has 2 N–H and O–H groups in total. The number of rotatable bonds is 5. The SMILES string of the molecule is Cc1ccc(C(=O)NCC2(CCO)CC2)c(C)c1. The lowest BCUT2D eigenvalue weighted by molar-refractivity contribution is 0.0940. The molecule has 0 bridgehead atoms. The number of aryl methyl sites for hydroxylation is 2. The Balaban J connectivity index is 1.96. The summed E-state index contributed by atoms with van der Waals surface area (Å²) < 4.78 is 0. The molecule has 0 aromatic heterocycles. The molecule has 3 heteroatoms. The zero-order chi connectivity index (χ0) is 13.2. The average molecular weight is 247 g/mol. The van der Waals surface area contributed by atoms with Crippen molar-refractivity contribution >= 4 is 5.91 Å². The summed E-state index contributed by atoms with van der Waals surface area (Å²) in [6.45, 7) is 4.87. The van der Waals surface area contributed by atoms with Crippen molar-refractivity contribution in [2.75, 3.05) is 13.2 Å². The minimum absolute atomic E-state index is 0.00304. The molecule has 3 nitrogen and oxygen atoms in total. The lowest BCUT2D eigenvalue weighted by Gasteiger charge is -2.15. The topological polar surface area (TPSA) is 49.3 Å². The number of benzene rings is 1. The van der Waals surface area contributed by atoms with E-state index in [2.05, 4.69) is 5.32 Å². The fraction of sp³-hybridized carbons (Fsp3) is 0.533. The highest BCUT2D eigenvalue weighted by Crippen LogP contribution is 2.47. The average Bonchev–Trinajstić information content (AvgIpc) is 3.07. The van der Waals surface area contributed by atoms with E-state index in [-0.39, 0.29) is 17.9 Å². The van der Waals surface area contributed by atoms with Crippen molar-refractivity contribution in [1.82, 2.24) is 5.32 Å². The highest BCUT2D eigenvalue weighted by Gasteiger charge is 2.41. The first-order valence-corrected chi connectivity index (χ1v) is 6.53. The zero-order valence-corrected chi connectivity index (χ0v) is 11.1. The molecular formula is C15H21NO2. The van der Waals surface area contributed by atoms with Crippen molar-refractivity contribution in [3.8, 4) is 0 Å². The maximum atomic E-state index is 12.1. The zero-order valence-electron chi connectivity index (χ0n) is 11.1. The van der Waals surface area contributed by atoms with E-state index < -0.39 is 0 Å². The summed E-state index contributed by atoms with van der Waals surface area (Å²) in [5.74, 6) is -0.00304. The normalized spacial score (nSPS) is 16.4. The van der Waals surface area contributed by atoms with Gasteiger partial charge in [-0.2, -0.15) is 0 Å². The Morgan fingerprint density at radius 3 is 2.67 bits per heavy atom. The summed E-state index contributed by atoms with van der Waals surface area (Å²) in [6, 6.07) is 5.86. The van der Waals surface area contributed by atoms with Gasteiger partial charge in [0.2, 0.25) is 0 Å². The van der Waals surface area contributed by atoms with E-state index in [0.29, 0.717) is 6.54 Å². The van der Waals surface area contributed by atoms with E-state index in [0.717, 1.165) is 30.4 Å². The quantitative estimate of drug-likeness (QED) is 0.838. The first kappa shape index (κ1) is 13.1. The molecule has 1 saturated carbocycles. The largest absolute Gasteiger partial charge is 0.396 e. The molecule has 1 fully saturated rings. The second-order valence-electron chi connectivity index (χ2n) is 5.47. The maximum Gasteiger partial charge on any atom is 0.251 e. The summed E-state index contributed by atoms with van der Waals surface area (Å²) >= 11 is 0. The van der Waals surface area contributed by atoms with Crippen LogP contribution >= 0.6 is 0 Å². The molecule has 1 amide bonds. The fourth-order valence-electron chi connectivity index (χ4n) is 2.36. The van der Waals surface area contributed by atoms with Gasteiger partial charge in [-0.3, -0.25) is 4.79 Å². The summed E-state index contributed by atoms with van der Waals surface area (Å²) in [6.07, 6.45) is 3.02. The van der Waals surface area contributed by atoms with Gasteiger partial charge in [-0.15, -0.1) is 0 Å². The van der Waals surface area contributed by atoms with E-state index in [1.165, 1.54) is 5.56 Å². The van der Waals surface area contributed by atoms with Gasteiger partial charge >= 0.3 is 0 Å². The third kappa shape index (κ3) is 2.91. The number of hydrogen-bond acceptors (Lipinski definition) is 2. The predicted molar refractivity (Wildman–Crippen MR) is 71.6 cm³/mol. The summed E-state index contributed by atoms with van der Waals surface area (Å²) in [4.78, 5) is 12.1. The van der Waals surface area contributed by atoms with Crippen LogP contribution in [-0.2, 0) is 0 Å². The number of aliphatic hydroxyl groups excluding tert-OH is 1. The number of aliphatic hydroxyl groups is 1. The smallest absolute Gasteiger partial charge is 0.251 e. The Kier molecular flexibility index (Phi) is 3.71. The van der Waals surface area contributed by atoms with E-state index in [1.807, 2.05) is 32.0 Å². The van der Waals surface area contributed by atoms with E-state index in [9.17, 15) is 4.79 Å². The van der Waals surface area contributed by atoms with Crippen LogP contribution in [0, 0.1) is 19.3 Å².